The number of ether oxygens (including phenoxy) is 2. The average molecular weight is 407 g/mol. The molecule has 0 saturated carbocycles. The Balaban J connectivity index is 1.71. The van der Waals surface area contributed by atoms with Gasteiger partial charge in [0.05, 0.1) is 19.4 Å². The summed E-state index contributed by atoms with van der Waals surface area (Å²) in [5.74, 6) is 1.03. The van der Waals surface area contributed by atoms with Crippen molar-refractivity contribution in [3.05, 3.63) is 54.1 Å². The molecule has 28 heavy (non-hydrogen) atoms. The summed E-state index contributed by atoms with van der Waals surface area (Å²) >= 11 is 0.945. The van der Waals surface area contributed by atoms with Gasteiger partial charge in [0.1, 0.15) is 18.1 Å². The minimum atomic E-state index is -0.779. The lowest BCUT2D eigenvalue weighted by Crippen LogP contribution is -2.12. The molecular formula is C20H25NO6S. The van der Waals surface area contributed by atoms with E-state index in [-0.39, 0.29) is 12.0 Å². The summed E-state index contributed by atoms with van der Waals surface area (Å²) in [6.45, 7) is 6.93. The summed E-state index contributed by atoms with van der Waals surface area (Å²) in [5.41, 5.74) is 4.30. The van der Waals surface area contributed by atoms with Gasteiger partial charge in [-0.3, -0.25) is 14.5 Å². The molecule has 2 rings (SSSR count). The van der Waals surface area contributed by atoms with Crippen LogP contribution in [0.5, 0.6) is 11.5 Å². The van der Waals surface area contributed by atoms with Gasteiger partial charge in [-0.1, -0.05) is 32.9 Å². The first-order valence-electron chi connectivity index (χ1n) is 8.64. The van der Waals surface area contributed by atoms with Crippen LogP contribution in [0.15, 0.2) is 48.5 Å². The van der Waals surface area contributed by atoms with E-state index in [2.05, 4.69) is 26.3 Å². The Morgan fingerprint density at radius 3 is 2.25 bits per heavy atom. The maximum atomic E-state index is 11.8. The maximum Gasteiger partial charge on any atom is 0.514 e. The minimum absolute atomic E-state index is 0.0784. The Labute approximate surface area is 169 Å². The van der Waals surface area contributed by atoms with Gasteiger partial charge in [-0.25, -0.2) is 4.79 Å². The largest absolute Gasteiger partial charge is 0.514 e. The Hall–Kier alpha value is -2.42. The number of nitrogens with one attached hydrogen (secondary N) is 1. The molecule has 0 spiro atoms. The minimum Gasteiger partial charge on any atom is -0.429 e. The van der Waals surface area contributed by atoms with E-state index in [0.717, 1.165) is 23.6 Å². The summed E-state index contributed by atoms with van der Waals surface area (Å²) < 4.78 is 21.0. The quantitative estimate of drug-likeness (QED) is 0.195. The number of anilines is 1. The van der Waals surface area contributed by atoms with E-state index in [0.29, 0.717) is 18.1 Å². The molecular weight excluding hydrogens is 382 g/mol. The highest BCUT2D eigenvalue weighted by atomic mass is 32.2. The van der Waals surface area contributed by atoms with E-state index < -0.39 is 6.16 Å². The molecule has 0 atom stereocenters. The number of carbonyl (C=O) groups is 1. The highest BCUT2D eigenvalue weighted by molar-refractivity contribution is 7.90. The molecule has 2 aromatic carbocycles. The number of rotatable bonds is 9. The molecule has 7 nitrogen and oxygen atoms in total. The van der Waals surface area contributed by atoms with Gasteiger partial charge in [0.2, 0.25) is 12.3 Å². The predicted octanol–water partition coefficient (Wildman–Crippen LogP) is 5.38. The monoisotopic (exact) mass is 407 g/mol. The van der Waals surface area contributed by atoms with Crippen molar-refractivity contribution in [2.75, 3.05) is 19.2 Å². The normalized spacial score (nSPS) is 11.0. The molecule has 0 bridgehead atoms. The second kappa shape index (κ2) is 10.8. The van der Waals surface area contributed by atoms with Crippen molar-refractivity contribution in [2.45, 2.75) is 27.4 Å². The Morgan fingerprint density at radius 2 is 1.64 bits per heavy atom. The number of benzene rings is 2. The van der Waals surface area contributed by atoms with Crippen LogP contribution < -0.4 is 14.4 Å². The maximum absolute atomic E-state index is 11.8. The van der Waals surface area contributed by atoms with Gasteiger partial charge in [-0.15, -0.1) is 0 Å². The van der Waals surface area contributed by atoms with Crippen molar-refractivity contribution in [1.29, 1.82) is 0 Å². The van der Waals surface area contributed by atoms with Crippen molar-refractivity contribution < 1.29 is 27.5 Å². The molecule has 0 heterocycles. The third-order valence-corrected chi connectivity index (χ3v) is 3.70. The van der Waals surface area contributed by atoms with E-state index in [9.17, 15) is 4.79 Å². The number of hydrogen-bond acceptors (Lipinski definition) is 8. The smallest absolute Gasteiger partial charge is 0.429 e. The standard InChI is InChI=1S/C20H25NO6S/c1-20(2,3)14-25-28-27-18-9-5-15(6-10-18)13-24-19(22)26-17-11-7-16(8-12-17)21-23-4/h5-12,21H,13-14H2,1-4H3. The molecule has 0 unspecified atom stereocenters. The first-order chi connectivity index (χ1) is 13.4. The highest BCUT2D eigenvalue weighted by Gasteiger charge is 2.11. The fourth-order valence-corrected chi connectivity index (χ4v) is 2.52. The van der Waals surface area contributed by atoms with Gasteiger partial charge >= 0.3 is 6.16 Å². The first kappa shape index (κ1) is 21.9. The molecule has 0 radical (unpaired) electrons. The zero-order chi connectivity index (χ0) is 20.4. The van der Waals surface area contributed by atoms with Gasteiger partial charge in [0, 0.05) is 0 Å². The van der Waals surface area contributed by atoms with Crippen molar-refractivity contribution >= 4 is 24.2 Å². The topological polar surface area (TPSA) is 75.3 Å². The molecule has 0 aromatic heterocycles. The highest BCUT2D eigenvalue weighted by Crippen LogP contribution is 2.22. The van der Waals surface area contributed by atoms with E-state index in [1.54, 1.807) is 48.5 Å². The van der Waals surface area contributed by atoms with Crippen LogP contribution in [-0.4, -0.2) is 19.9 Å². The molecule has 2 aromatic rings. The van der Waals surface area contributed by atoms with E-state index in [4.69, 9.17) is 22.7 Å². The lowest BCUT2D eigenvalue weighted by Gasteiger charge is -2.16. The van der Waals surface area contributed by atoms with E-state index >= 15 is 0 Å². The fraction of sp³-hybridized carbons (Fsp3) is 0.350. The average Bonchev–Trinajstić information content (AvgIpc) is 2.65. The van der Waals surface area contributed by atoms with Crippen LogP contribution in [0.25, 0.3) is 0 Å². The Morgan fingerprint density at radius 1 is 1.00 bits per heavy atom. The van der Waals surface area contributed by atoms with Gasteiger partial charge in [0.25, 0.3) is 0 Å². The molecule has 1 N–H and O–H groups in total. The summed E-state index contributed by atoms with van der Waals surface area (Å²) in [6, 6.07) is 13.9. The summed E-state index contributed by atoms with van der Waals surface area (Å²) in [4.78, 5) is 16.6. The van der Waals surface area contributed by atoms with Crippen LogP contribution in [0, 0.1) is 5.41 Å². The van der Waals surface area contributed by atoms with Crippen LogP contribution in [0.1, 0.15) is 26.3 Å². The molecule has 0 amide bonds. The van der Waals surface area contributed by atoms with Crippen LogP contribution in [-0.2, 0) is 20.4 Å². The second-order valence-corrected chi connectivity index (χ2v) is 7.63. The lowest BCUT2D eigenvalue weighted by atomic mass is 9.99. The SMILES string of the molecule is CONc1ccc(OC(=O)OCc2ccc(OSOCC(C)(C)C)cc2)cc1. The summed E-state index contributed by atoms with van der Waals surface area (Å²) in [7, 11) is 1.51. The summed E-state index contributed by atoms with van der Waals surface area (Å²) in [5, 5.41) is 0. The molecule has 0 aliphatic carbocycles. The van der Waals surface area contributed by atoms with Crippen LogP contribution >= 0.6 is 12.3 Å². The third kappa shape index (κ3) is 8.51. The van der Waals surface area contributed by atoms with Crippen LogP contribution in [0.3, 0.4) is 0 Å². The van der Waals surface area contributed by atoms with E-state index in [1.807, 2.05) is 0 Å². The summed E-state index contributed by atoms with van der Waals surface area (Å²) in [6.07, 6.45) is -0.779. The van der Waals surface area contributed by atoms with Gasteiger partial charge < -0.3 is 13.7 Å². The lowest BCUT2D eigenvalue weighted by molar-refractivity contribution is 0.0928. The second-order valence-electron chi connectivity index (χ2n) is 7.09. The Kier molecular flexibility index (Phi) is 8.43. The molecule has 0 aliphatic rings. The van der Waals surface area contributed by atoms with Crippen LogP contribution in [0.4, 0.5) is 10.5 Å². The number of carbonyl (C=O) groups excluding carboxylic acids is 1. The van der Waals surface area contributed by atoms with Crippen molar-refractivity contribution in [3.63, 3.8) is 0 Å². The van der Waals surface area contributed by atoms with Gasteiger partial charge in [-0.2, -0.15) is 0 Å². The zero-order valence-electron chi connectivity index (χ0n) is 16.4. The molecule has 0 fully saturated rings. The van der Waals surface area contributed by atoms with Crippen molar-refractivity contribution in [2.24, 2.45) is 5.41 Å². The zero-order valence-corrected chi connectivity index (χ0v) is 17.2. The number of hydrogen-bond donors (Lipinski definition) is 1. The third-order valence-electron chi connectivity index (χ3n) is 3.23. The molecule has 0 aliphatic heterocycles. The predicted molar refractivity (Wildman–Crippen MR) is 108 cm³/mol. The van der Waals surface area contributed by atoms with Crippen molar-refractivity contribution in [3.8, 4) is 11.5 Å². The van der Waals surface area contributed by atoms with Crippen LogP contribution in [0.2, 0.25) is 0 Å². The fourth-order valence-electron chi connectivity index (χ4n) is 1.88. The molecule has 152 valence electrons. The first-order valence-corrected chi connectivity index (χ1v) is 9.31. The van der Waals surface area contributed by atoms with Gasteiger partial charge in [0.15, 0.2) is 0 Å². The molecule has 0 saturated heterocycles. The molecule has 8 heteroatoms. The van der Waals surface area contributed by atoms with E-state index in [1.165, 1.54) is 7.11 Å². The van der Waals surface area contributed by atoms with Gasteiger partial charge in [-0.05, 0) is 47.4 Å². The van der Waals surface area contributed by atoms with Crippen molar-refractivity contribution in [1.82, 2.24) is 0 Å². The Bertz CT molecular complexity index is 728.